The number of ether oxygens (including phenoxy) is 2. The van der Waals surface area contributed by atoms with Gasteiger partial charge in [0.15, 0.2) is 0 Å². The number of esters is 1. The quantitative estimate of drug-likeness (QED) is 0.222. The predicted octanol–water partition coefficient (Wildman–Crippen LogP) is 4.40. The zero-order valence-electron chi connectivity index (χ0n) is 23.7. The van der Waals surface area contributed by atoms with Gasteiger partial charge in [0, 0.05) is 12.2 Å². The SMILES string of the molecule is C=CCCCCOC(=O)[C@@H]1[C@@H]2CCC3(O2)C(C(=O)N(CC=C)c2ccc4ccccc4c2)N([C@@H](CC)CO)C(=O)[C@H]13. The Morgan fingerprint density at radius 2 is 1.98 bits per heavy atom. The van der Waals surface area contributed by atoms with Crippen molar-refractivity contribution in [3.63, 3.8) is 0 Å². The molecule has 5 rings (SSSR count). The van der Waals surface area contributed by atoms with Gasteiger partial charge >= 0.3 is 5.97 Å². The van der Waals surface area contributed by atoms with Gasteiger partial charge in [-0.05, 0) is 61.4 Å². The van der Waals surface area contributed by atoms with Crippen molar-refractivity contribution in [3.05, 3.63) is 67.8 Å². The molecule has 2 aromatic rings. The second-order valence-electron chi connectivity index (χ2n) is 11.3. The largest absolute Gasteiger partial charge is 0.465 e. The number of allylic oxidation sites excluding steroid dienone is 1. The van der Waals surface area contributed by atoms with Crippen LogP contribution >= 0.6 is 0 Å². The van der Waals surface area contributed by atoms with Crippen molar-refractivity contribution in [1.82, 2.24) is 4.90 Å². The standard InChI is InChI=1S/C33H40N2O6/c1-4-7-8-11-19-40-32(39)27-26-16-17-33(41-26)28(27)30(37)35(24(6-3)21-36)29(33)31(38)34(18-5-2)25-15-14-22-12-9-10-13-23(22)20-25/h4-5,9-10,12-15,20,24,26-29,36H,1-2,6-8,11,16-19,21H2,3H3/t24-,26-,27+,28-,29?,33?/m0/s1. The highest BCUT2D eigenvalue weighted by Gasteiger charge is 2.75. The second-order valence-corrected chi connectivity index (χ2v) is 11.3. The normalized spacial score (nSPS) is 27.1. The van der Waals surface area contributed by atoms with Gasteiger partial charge in [0.1, 0.15) is 11.6 Å². The van der Waals surface area contributed by atoms with Crippen LogP contribution < -0.4 is 4.90 Å². The van der Waals surface area contributed by atoms with Gasteiger partial charge in [0.2, 0.25) is 5.91 Å². The van der Waals surface area contributed by atoms with Gasteiger partial charge in [-0.1, -0.05) is 49.4 Å². The van der Waals surface area contributed by atoms with Crippen molar-refractivity contribution in [2.45, 2.75) is 69.2 Å². The van der Waals surface area contributed by atoms with Crippen molar-refractivity contribution in [1.29, 1.82) is 0 Å². The Bertz CT molecular complexity index is 1320. The molecule has 218 valence electrons. The Labute approximate surface area is 241 Å². The highest BCUT2D eigenvalue weighted by atomic mass is 16.6. The third-order valence-corrected chi connectivity index (χ3v) is 8.99. The van der Waals surface area contributed by atoms with Crippen LogP contribution in [-0.4, -0.2) is 71.3 Å². The van der Waals surface area contributed by atoms with Crippen LogP contribution in [0.25, 0.3) is 10.8 Å². The number of unbranched alkanes of at least 4 members (excludes halogenated alkanes) is 2. The van der Waals surface area contributed by atoms with E-state index in [2.05, 4.69) is 13.2 Å². The van der Waals surface area contributed by atoms with Gasteiger partial charge in [-0.15, -0.1) is 13.2 Å². The fraction of sp³-hybridized carbons (Fsp3) is 0.485. The first kappa shape index (κ1) is 29.0. The fourth-order valence-corrected chi connectivity index (χ4v) is 7.05. The molecule has 3 heterocycles. The molecule has 1 spiro atoms. The number of rotatable bonds is 13. The van der Waals surface area contributed by atoms with Crippen molar-refractivity contribution in [2.24, 2.45) is 11.8 Å². The van der Waals surface area contributed by atoms with Crippen LogP contribution in [0.5, 0.6) is 0 Å². The average Bonchev–Trinajstić information content (AvgIpc) is 3.63. The van der Waals surface area contributed by atoms with Crippen LogP contribution in [0.3, 0.4) is 0 Å². The summed E-state index contributed by atoms with van der Waals surface area (Å²) in [5.41, 5.74) is -0.481. The minimum atomic E-state index is -1.16. The van der Waals surface area contributed by atoms with Gasteiger partial charge in [-0.2, -0.15) is 0 Å². The Morgan fingerprint density at radius 3 is 2.68 bits per heavy atom. The number of benzene rings is 2. The number of carbonyl (C=O) groups excluding carboxylic acids is 3. The summed E-state index contributed by atoms with van der Waals surface area (Å²) in [7, 11) is 0. The number of fused-ring (bicyclic) bond motifs is 2. The monoisotopic (exact) mass is 560 g/mol. The molecule has 3 aliphatic rings. The first-order chi connectivity index (χ1) is 19.9. The molecule has 3 fully saturated rings. The number of hydrogen-bond acceptors (Lipinski definition) is 6. The summed E-state index contributed by atoms with van der Waals surface area (Å²) < 4.78 is 12.2. The maximum absolute atomic E-state index is 14.6. The summed E-state index contributed by atoms with van der Waals surface area (Å²) in [5.74, 6) is -2.69. The molecule has 2 bridgehead atoms. The summed E-state index contributed by atoms with van der Waals surface area (Å²) in [5, 5.41) is 12.3. The van der Waals surface area contributed by atoms with Crippen molar-refractivity contribution in [2.75, 3.05) is 24.7 Å². The highest BCUT2D eigenvalue weighted by molar-refractivity contribution is 6.05. The van der Waals surface area contributed by atoms with E-state index in [1.807, 2.05) is 55.5 Å². The number of anilines is 1. The number of carbonyl (C=O) groups is 3. The molecular formula is C33H40N2O6. The van der Waals surface area contributed by atoms with Crippen LogP contribution in [0.4, 0.5) is 5.69 Å². The minimum Gasteiger partial charge on any atom is -0.465 e. The highest BCUT2D eigenvalue weighted by Crippen LogP contribution is 2.59. The molecule has 6 atom stereocenters. The van der Waals surface area contributed by atoms with E-state index < -0.39 is 41.6 Å². The summed E-state index contributed by atoms with van der Waals surface area (Å²) in [6.07, 6.45) is 6.91. The minimum absolute atomic E-state index is 0.228. The predicted molar refractivity (Wildman–Crippen MR) is 157 cm³/mol. The van der Waals surface area contributed by atoms with Crippen LogP contribution in [0, 0.1) is 11.8 Å². The Balaban J connectivity index is 1.50. The maximum Gasteiger partial charge on any atom is 0.312 e. The van der Waals surface area contributed by atoms with Crippen LogP contribution in [-0.2, 0) is 23.9 Å². The molecule has 8 nitrogen and oxygen atoms in total. The molecule has 2 amide bonds. The molecule has 8 heteroatoms. The third kappa shape index (κ3) is 4.97. The molecule has 0 radical (unpaired) electrons. The molecule has 2 unspecified atom stereocenters. The molecule has 0 aromatic heterocycles. The lowest BCUT2D eigenvalue weighted by Crippen LogP contribution is -2.59. The van der Waals surface area contributed by atoms with E-state index >= 15 is 0 Å². The maximum atomic E-state index is 14.6. The Hall–Kier alpha value is -3.49. The summed E-state index contributed by atoms with van der Waals surface area (Å²) in [6.45, 7) is 9.67. The van der Waals surface area contributed by atoms with E-state index in [0.29, 0.717) is 31.4 Å². The molecular weight excluding hydrogens is 520 g/mol. The van der Waals surface area contributed by atoms with E-state index in [4.69, 9.17) is 9.47 Å². The van der Waals surface area contributed by atoms with E-state index in [-0.39, 0.29) is 31.6 Å². The first-order valence-corrected chi connectivity index (χ1v) is 14.7. The van der Waals surface area contributed by atoms with Crippen LogP contribution in [0.2, 0.25) is 0 Å². The number of nitrogens with zero attached hydrogens (tertiary/aromatic N) is 2. The molecule has 0 saturated carbocycles. The third-order valence-electron chi connectivity index (χ3n) is 8.99. The molecule has 3 saturated heterocycles. The van der Waals surface area contributed by atoms with E-state index in [1.54, 1.807) is 11.0 Å². The lowest BCUT2D eigenvalue weighted by atomic mass is 9.70. The zero-order valence-corrected chi connectivity index (χ0v) is 23.7. The van der Waals surface area contributed by atoms with Crippen LogP contribution in [0.15, 0.2) is 67.8 Å². The number of likely N-dealkylation sites (tertiary alicyclic amines) is 1. The summed E-state index contributed by atoms with van der Waals surface area (Å²) >= 11 is 0. The van der Waals surface area contributed by atoms with Crippen molar-refractivity contribution in [3.8, 4) is 0 Å². The molecule has 0 aliphatic carbocycles. The van der Waals surface area contributed by atoms with Gasteiger partial charge in [0.25, 0.3) is 5.91 Å². The number of aliphatic hydroxyl groups excluding tert-OH is 1. The van der Waals surface area contributed by atoms with Crippen molar-refractivity contribution >= 4 is 34.2 Å². The summed E-state index contributed by atoms with van der Waals surface area (Å²) in [4.78, 5) is 45.3. The van der Waals surface area contributed by atoms with Gasteiger partial charge < -0.3 is 24.4 Å². The van der Waals surface area contributed by atoms with E-state index in [1.165, 1.54) is 4.90 Å². The first-order valence-electron chi connectivity index (χ1n) is 14.7. The second kappa shape index (κ2) is 12.2. The lowest BCUT2D eigenvalue weighted by Gasteiger charge is -2.39. The number of hydrogen-bond donors (Lipinski definition) is 1. The van der Waals surface area contributed by atoms with Gasteiger partial charge in [-0.3, -0.25) is 14.4 Å². The smallest absolute Gasteiger partial charge is 0.312 e. The zero-order chi connectivity index (χ0) is 29.1. The van der Waals surface area contributed by atoms with E-state index in [0.717, 1.165) is 23.6 Å². The molecule has 41 heavy (non-hydrogen) atoms. The Kier molecular flexibility index (Phi) is 8.61. The molecule has 1 N–H and O–H groups in total. The summed E-state index contributed by atoms with van der Waals surface area (Å²) in [6, 6.07) is 12.2. The number of amides is 2. The number of aliphatic hydroxyl groups is 1. The fourth-order valence-electron chi connectivity index (χ4n) is 7.05. The molecule has 3 aliphatic heterocycles. The Morgan fingerprint density at radius 1 is 1.20 bits per heavy atom. The molecule has 2 aromatic carbocycles. The lowest BCUT2D eigenvalue weighted by molar-refractivity contribution is -0.156. The van der Waals surface area contributed by atoms with Crippen LogP contribution in [0.1, 0.15) is 45.4 Å². The average molecular weight is 561 g/mol. The van der Waals surface area contributed by atoms with Gasteiger partial charge in [0.05, 0.1) is 37.2 Å². The van der Waals surface area contributed by atoms with E-state index in [9.17, 15) is 19.5 Å². The topological polar surface area (TPSA) is 96.4 Å². The van der Waals surface area contributed by atoms with Crippen molar-refractivity contribution < 1.29 is 29.0 Å². The van der Waals surface area contributed by atoms with Gasteiger partial charge in [-0.25, -0.2) is 0 Å².